The molecule has 182 valence electrons. The lowest BCUT2D eigenvalue weighted by Crippen LogP contribution is -2.32. The zero-order valence-corrected chi connectivity index (χ0v) is 19.4. The Morgan fingerprint density at radius 2 is 1.68 bits per heavy atom. The van der Waals surface area contributed by atoms with Crippen LogP contribution in [0.25, 0.3) is 10.9 Å². The lowest BCUT2D eigenvalue weighted by Gasteiger charge is -2.29. The Balaban J connectivity index is 1.28. The Kier molecular flexibility index (Phi) is 7.41. The molecule has 0 radical (unpaired) electrons. The lowest BCUT2D eigenvalue weighted by atomic mass is 9.86. The lowest BCUT2D eigenvalue weighted by molar-refractivity contribution is -0.274. The van der Waals surface area contributed by atoms with Gasteiger partial charge in [-0.15, -0.1) is 13.2 Å². The van der Waals surface area contributed by atoms with Crippen molar-refractivity contribution < 1.29 is 17.9 Å². The number of anilines is 2. The van der Waals surface area contributed by atoms with Gasteiger partial charge < -0.3 is 20.3 Å². The zero-order valence-electron chi connectivity index (χ0n) is 19.4. The largest absolute Gasteiger partial charge is 0.573 e. The summed E-state index contributed by atoms with van der Waals surface area (Å²) < 4.78 is 42.0. The van der Waals surface area contributed by atoms with E-state index in [0.29, 0.717) is 30.0 Å². The van der Waals surface area contributed by atoms with Crippen molar-refractivity contribution in [1.29, 1.82) is 0 Å². The number of nitrogens with one attached hydrogen (secondary N) is 2. The standard InChI is InChI=1S/C25H30F3N5O/c1-33(2)23-20-8-4-5-9-21(20)31-24(32-23)30-19-13-11-17(12-14-19)15-29-16-18-7-3-6-10-22(18)34-25(26,27)28/h3-10,17,19,29H,11-16H2,1-2H3,(H,30,31,32). The van der Waals surface area contributed by atoms with Crippen molar-refractivity contribution in [2.45, 2.75) is 44.6 Å². The maximum absolute atomic E-state index is 12.6. The van der Waals surface area contributed by atoms with Gasteiger partial charge in [0.2, 0.25) is 5.95 Å². The highest BCUT2D eigenvalue weighted by Crippen LogP contribution is 2.29. The van der Waals surface area contributed by atoms with Gasteiger partial charge in [0, 0.05) is 37.6 Å². The van der Waals surface area contributed by atoms with Crippen LogP contribution in [0.3, 0.4) is 0 Å². The monoisotopic (exact) mass is 473 g/mol. The fourth-order valence-corrected chi connectivity index (χ4v) is 4.44. The molecule has 1 aliphatic rings. The van der Waals surface area contributed by atoms with Crippen LogP contribution < -0.4 is 20.3 Å². The second-order valence-electron chi connectivity index (χ2n) is 8.93. The minimum absolute atomic E-state index is 0.150. The summed E-state index contributed by atoms with van der Waals surface area (Å²) in [5, 5.41) is 7.83. The molecule has 1 saturated carbocycles. The Morgan fingerprint density at radius 3 is 2.41 bits per heavy atom. The van der Waals surface area contributed by atoms with E-state index in [1.165, 1.54) is 6.07 Å². The third-order valence-electron chi connectivity index (χ3n) is 6.13. The van der Waals surface area contributed by atoms with E-state index in [0.717, 1.165) is 48.9 Å². The highest BCUT2D eigenvalue weighted by Gasteiger charge is 2.32. The average molecular weight is 474 g/mol. The highest BCUT2D eigenvalue weighted by atomic mass is 19.4. The molecule has 2 N–H and O–H groups in total. The summed E-state index contributed by atoms with van der Waals surface area (Å²) in [5.74, 6) is 1.86. The molecule has 9 heteroatoms. The molecular weight excluding hydrogens is 443 g/mol. The van der Waals surface area contributed by atoms with Crippen LogP contribution in [-0.4, -0.2) is 43.0 Å². The van der Waals surface area contributed by atoms with Crippen LogP contribution in [0, 0.1) is 5.92 Å². The van der Waals surface area contributed by atoms with Crippen LogP contribution in [0.2, 0.25) is 0 Å². The van der Waals surface area contributed by atoms with Gasteiger partial charge in [-0.1, -0.05) is 30.3 Å². The smallest absolute Gasteiger partial charge is 0.405 e. The summed E-state index contributed by atoms with van der Waals surface area (Å²) >= 11 is 0. The van der Waals surface area contributed by atoms with Crippen LogP contribution in [-0.2, 0) is 6.54 Å². The first-order valence-electron chi connectivity index (χ1n) is 11.5. The number of hydrogen-bond donors (Lipinski definition) is 2. The van der Waals surface area contributed by atoms with Crippen LogP contribution in [0.5, 0.6) is 5.75 Å². The molecule has 2 aromatic carbocycles. The second kappa shape index (κ2) is 10.5. The topological polar surface area (TPSA) is 62.3 Å². The van der Waals surface area contributed by atoms with Crippen molar-refractivity contribution >= 4 is 22.7 Å². The third kappa shape index (κ3) is 6.28. The molecule has 0 saturated heterocycles. The van der Waals surface area contributed by atoms with Gasteiger partial charge in [0.15, 0.2) is 0 Å². The summed E-state index contributed by atoms with van der Waals surface area (Å²) in [7, 11) is 3.95. The van der Waals surface area contributed by atoms with E-state index in [1.54, 1.807) is 18.2 Å². The van der Waals surface area contributed by atoms with Crippen LogP contribution in [0.4, 0.5) is 24.9 Å². The summed E-state index contributed by atoms with van der Waals surface area (Å²) in [6.45, 7) is 1.09. The Labute approximate surface area is 197 Å². The molecule has 0 bridgehead atoms. The summed E-state index contributed by atoms with van der Waals surface area (Å²) in [6, 6.07) is 14.5. The Bertz CT molecular complexity index is 1100. The van der Waals surface area contributed by atoms with Gasteiger partial charge in [-0.2, -0.15) is 4.98 Å². The molecule has 0 unspecified atom stereocenters. The molecule has 0 amide bonds. The first-order chi connectivity index (χ1) is 16.3. The number of halogens is 3. The van der Waals surface area contributed by atoms with E-state index in [4.69, 9.17) is 9.97 Å². The van der Waals surface area contributed by atoms with Crippen LogP contribution in [0.1, 0.15) is 31.2 Å². The van der Waals surface area contributed by atoms with E-state index in [2.05, 4.69) is 15.4 Å². The van der Waals surface area contributed by atoms with E-state index >= 15 is 0 Å². The van der Waals surface area contributed by atoms with Crippen molar-refractivity contribution in [3.63, 3.8) is 0 Å². The Hall–Kier alpha value is -3.07. The van der Waals surface area contributed by atoms with Crippen molar-refractivity contribution in [1.82, 2.24) is 15.3 Å². The summed E-state index contributed by atoms with van der Waals surface area (Å²) in [5.41, 5.74) is 1.41. The Morgan fingerprint density at radius 1 is 0.971 bits per heavy atom. The molecule has 4 rings (SSSR count). The van der Waals surface area contributed by atoms with Crippen molar-refractivity contribution in [3.8, 4) is 5.75 Å². The van der Waals surface area contributed by atoms with Gasteiger partial charge in [0.25, 0.3) is 0 Å². The first-order valence-corrected chi connectivity index (χ1v) is 11.5. The molecule has 1 fully saturated rings. The van der Waals surface area contributed by atoms with Crippen LogP contribution >= 0.6 is 0 Å². The minimum atomic E-state index is -4.69. The maximum Gasteiger partial charge on any atom is 0.573 e. The van der Waals surface area contributed by atoms with Gasteiger partial charge in [-0.05, 0) is 56.3 Å². The fraction of sp³-hybridized carbons (Fsp3) is 0.440. The normalized spacial score (nSPS) is 18.6. The fourth-order valence-electron chi connectivity index (χ4n) is 4.44. The molecule has 0 spiro atoms. The third-order valence-corrected chi connectivity index (χ3v) is 6.13. The number of rotatable bonds is 8. The molecule has 6 nitrogen and oxygen atoms in total. The number of hydrogen-bond acceptors (Lipinski definition) is 6. The van der Waals surface area contributed by atoms with Crippen molar-refractivity contribution in [2.24, 2.45) is 5.92 Å². The minimum Gasteiger partial charge on any atom is -0.405 e. The van der Waals surface area contributed by atoms with E-state index in [-0.39, 0.29) is 5.75 Å². The molecule has 0 aliphatic heterocycles. The molecule has 1 aliphatic carbocycles. The van der Waals surface area contributed by atoms with Gasteiger partial charge in [-0.25, -0.2) is 4.98 Å². The number of alkyl halides is 3. The van der Waals surface area contributed by atoms with E-state index in [9.17, 15) is 13.2 Å². The highest BCUT2D eigenvalue weighted by molar-refractivity contribution is 5.90. The van der Waals surface area contributed by atoms with Crippen molar-refractivity contribution in [3.05, 3.63) is 54.1 Å². The molecule has 1 aromatic heterocycles. The summed E-state index contributed by atoms with van der Waals surface area (Å²) in [6.07, 6.45) is -0.649. The summed E-state index contributed by atoms with van der Waals surface area (Å²) in [4.78, 5) is 11.4. The molecule has 1 heterocycles. The van der Waals surface area contributed by atoms with E-state index < -0.39 is 6.36 Å². The number of aromatic nitrogens is 2. The first kappa shape index (κ1) is 24.1. The van der Waals surface area contributed by atoms with Crippen LogP contribution in [0.15, 0.2) is 48.5 Å². The molecule has 34 heavy (non-hydrogen) atoms. The van der Waals surface area contributed by atoms with Gasteiger partial charge in [-0.3, -0.25) is 0 Å². The number of benzene rings is 2. The average Bonchev–Trinajstić information content (AvgIpc) is 2.80. The molecule has 0 atom stereocenters. The van der Waals surface area contributed by atoms with E-state index in [1.807, 2.05) is 43.3 Å². The quantitative estimate of drug-likeness (QED) is 0.460. The number of nitrogens with zero attached hydrogens (tertiary/aromatic N) is 3. The predicted molar refractivity (Wildman–Crippen MR) is 128 cm³/mol. The number of fused-ring (bicyclic) bond motifs is 1. The van der Waals surface area contributed by atoms with Crippen molar-refractivity contribution in [2.75, 3.05) is 30.9 Å². The SMILES string of the molecule is CN(C)c1nc(NC2CCC(CNCc3ccccc3OC(F)(F)F)CC2)nc2ccccc12. The second-order valence-corrected chi connectivity index (χ2v) is 8.93. The van der Waals surface area contributed by atoms with Gasteiger partial charge >= 0.3 is 6.36 Å². The molecule has 3 aromatic rings. The molecular formula is C25H30F3N5O. The predicted octanol–water partition coefficient (Wildman–Crippen LogP) is 5.35. The zero-order chi connectivity index (χ0) is 24.1. The number of para-hydroxylation sites is 2. The maximum atomic E-state index is 12.6. The number of ether oxygens (including phenoxy) is 1. The van der Waals surface area contributed by atoms with Gasteiger partial charge in [0.1, 0.15) is 11.6 Å². The van der Waals surface area contributed by atoms with Gasteiger partial charge in [0.05, 0.1) is 5.52 Å².